The van der Waals surface area contributed by atoms with E-state index in [1.165, 1.54) is 25.0 Å². The SMILES string of the molecule is CC(=O)OCCC[C@]1(OC(C)=O)CC[C@H]2[C@@H]3CCc4cc(O)ccc4[C@H]3CC[C@@]21C. The van der Waals surface area contributed by atoms with Crippen LogP contribution < -0.4 is 0 Å². The molecule has 0 aromatic heterocycles. The van der Waals surface area contributed by atoms with Gasteiger partial charge in [-0.05, 0) is 92.4 Å². The van der Waals surface area contributed by atoms with Crippen LogP contribution in [0.1, 0.15) is 82.8 Å². The minimum atomic E-state index is -0.468. The first-order valence-corrected chi connectivity index (χ1v) is 11.4. The molecule has 0 saturated heterocycles. The number of esters is 2. The van der Waals surface area contributed by atoms with Gasteiger partial charge in [0.15, 0.2) is 0 Å². The number of phenolic OH excluding ortho intramolecular Hbond substituents is 1. The first-order valence-electron chi connectivity index (χ1n) is 11.4. The quantitative estimate of drug-likeness (QED) is 0.548. The van der Waals surface area contributed by atoms with Crippen molar-refractivity contribution in [1.29, 1.82) is 0 Å². The predicted octanol–water partition coefficient (Wildman–Crippen LogP) is 4.89. The maximum absolute atomic E-state index is 12.1. The molecule has 164 valence electrons. The van der Waals surface area contributed by atoms with Crippen molar-refractivity contribution in [3.8, 4) is 5.75 Å². The van der Waals surface area contributed by atoms with Crippen LogP contribution in [-0.4, -0.2) is 29.3 Å². The summed E-state index contributed by atoms with van der Waals surface area (Å²) in [5, 5.41) is 9.89. The summed E-state index contributed by atoms with van der Waals surface area (Å²) in [4.78, 5) is 23.3. The summed E-state index contributed by atoms with van der Waals surface area (Å²) >= 11 is 0. The second kappa shape index (κ2) is 7.90. The third-order valence-corrected chi connectivity index (χ3v) is 8.37. The Balaban J connectivity index is 1.58. The van der Waals surface area contributed by atoms with E-state index in [1.54, 1.807) is 0 Å². The molecule has 0 heterocycles. The Morgan fingerprint density at radius 1 is 1.13 bits per heavy atom. The van der Waals surface area contributed by atoms with Crippen LogP contribution in [-0.2, 0) is 25.5 Å². The smallest absolute Gasteiger partial charge is 0.303 e. The van der Waals surface area contributed by atoms with Crippen molar-refractivity contribution in [3.63, 3.8) is 0 Å². The maximum Gasteiger partial charge on any atom is 0.303 e. The Hall–Kier alpha value is -2.04. The van der Waals surface area contributed by atoms with Crippen LogP contribution in [0.25, 0.3) is 0 Å². The summed E-state index contributed by atoms with van der Waals surface area (Å²) in [5.74, 6) is 1.52. The number of aromatic hydroxyl groups is 1. The molecule has 0 aliphatic heterocycles. The predicted molar refractivity (Wildman–Crippen MR) is 113 cm³/mol. The van der Waals surface area contributed by atoms with E-state index in [4.69, 9.17) is 9.47 Å². The van der Waals surface area contributed by atoms with Gasteiger partial charge in [-0.1, -0.05) is 13.0 Å². The standard InChI is InChI=1S/C25H34O5/c1-16(26)29-14-4-11-25(30-17(2)27)13-10-23-22-7-5-18-15-19(28)6-8-20(18)21(22)9-12-24(23,25)3/h6,8,15,21-23,28H,4-5,7,9-14H2,1-3H3/t21-,22-,23+,24+,25+/m1/s1. The van der Waals surface area contributed by atoms with Gasteiger partial charge in [-0.15, -0.1) is 0 Å². The number of hydrogen-bond donors (Lipinski definition) is 1. The van der Waals surface area contributed by atoms with E-state index in [9.17, 15) is 14.7 Å². The molecule has 5 nitrogen and oxygen atoms in total. The fraction of sp³-hybridized carbons (Fsp3) is 0.680. The molecule has 30 heavy (non-hydrogen) atoms. The molecule has 0 spiro atoms. The molecule has 4 rings (SSSR count). The fourth-order valence-electron chi connectivity index (χ4n) is 7.14. The van der Waals surface area contributed by atoms with Gasteiger partial charge in [-0.3, -0.25) is 9.59 Å². The number of aryl methyl sites for hydroxylation is 1. The van der Waals surface area contributed by atoms with Crippen LogP contribution in [0, 0.1) is 17.3 Å². The average Bonchev–Trinajstić information content (AvgIpc) is 2.96. The lowest BCUT2D eigenvalue weighted by atomic mass is 9.53. The van der Waals surface area contributed by atoms with Crippen LogP contribution in [0.3, 0.4) is 0 Å². The summed E-state index contributed by atoms with van der Waals surface area (Å²) in [6.45, 7) is 5.65. The van der Waals surface area contributed by atoms with Gasteiger partial charge < -0.3 is 14.6 Å². The van der Waals surface area contributed by atoms with Crippen molar-refractivity contribution in [2.45, 2.75) is 83.7 Å². The van der Waals surface area contributed by atoms with E-state index in [0.29, 0.717) is 36.5 Å². The van der Waals surface area contributed by atoms with Crippen molar-refractivity contribution in [3.05, 3.63) is 29.3 Å². The van der Waals surface area contributed by atoms with Gasteiger partial charge in [0.05, 0.1) is 6.61 Å². The van der Waals surface area contributed by atoms with Crippen LogP contribution in [0.15, 0.2) is 18.2 Å². The van der Waals surface area contributed by atoms with Gasteiger partial charge in [0, 0.05) is 19.3 Å². The van der Waals surface area contributed by atoms with Crippen LogP contribution in [0.2, 0.25) is 0 Å². The topological polar surface area (TPSA) is 72.8 Å². The molecule has 0 amide bonds. The number of rotatable bonds is 5. The largest absolute Gasteiger partial charge is 0.508 e. The third kappa shape index (κ3) is 3.50. The maximum atomic E-state index is 12.1. The number of carbonyl (C=O) groups is 2. The molecule has 3 aliphatic carbocycles. The van der Waals surface area contributed by atoms with E-state index in [0.717, 1.165) is 44.9 Å². The second-order valence-corrected chi connectivity index (χ2v) is 9.82. The highest BCUT2D eigenvalue weighted by Gasteiger charge is 2.63. The Kier molecular flexibility index (Phi) is 5.58. The van der Waals surface area contributed by atoms with Gasteiger partial charge in [0.1, 0.15) is 11.4 Å². The summed E-state index contributed by atoms with van der Waals surface area (Å²) in [5.41, 5.74) is 2.19. The molecule has 3 aliphatic rings. The van der Waals surface area contributed by atoms with Gasteiger partial charge in [-0.2, -0.15) is 0 Å². The molecule has 0 radical (unpaired) electrons. The van der Waals surface area contributed by atoms with Gasteiger partial charge >= 0.3 is 11.9 Å². The van der Waals surface area contributed by atoms with Crippen LogP contribution in [0.4, 0.5) is 0 Å². The Morgan fingerprint density at radius 3 is 2.67 bits per heavy atom. The second-order valence-electron chi connectivity index (χ2n) is 9.82. The molecular formula is C25H34O5. The van der Waals surface area contributed by atoms with Gasteiger partial charge in [0.25, 0.3) is 0 Å². The number of phenols is 1. The number of carbonyl (C=O) groups excluding carboxylic acids is 2. The molecule has 5 heteroatoms. The monoisotopic (exact) mass is 414 g/mol. The Labute approximate surface area is 179 Å². The summed E-state index contributed by atoms with van der Waals surface area (Å²) < 4.78 is 11.3. The van der Waals surface area contributed by atoms with Crippen molar-refractivity contribution >= 4 is 11.9 Å². The zero-order valence-electron chi connectivity index (χ0n) is 18.4. The van der Waals surface area contributed by atoms with E-state index >= 15 is 0 Å². The highest BCUT2D eigenvalue weighted by Crippen LogP contribution is 2.66. The number of fused-ring (bicyclic) bond motifs is 5. The van der Waals surface area contributed by atoms with Crippen molar-refractivity contribution in [1.82, 2.24) is 0 Å². The first-order chi connectivity index (χ1) is 14.3. The molecular weight excluding hydrogens is 380 g/mol. The van der Waals surface area contributed by atoms with E-state index < -0.39 is 5.60 Å². The molecule has 2 fully saturated rings. The molecule has 1 aromatic rings. The number of ether oxygens (including phenoxy) is 2. The zero-order chi connectivity index (χ0) is 21.5. The molecule has 5 atom stereocenters. The van der Waals surface area contributed by atoms with Crippen LogP contribution >= 0.6 is 0 Å². The molecule has 0 unspecified atom stereocenters. The summed E-state index contributed by atoms with van der Waals surface area (Å²) in [6.07, 6.45) is 7.67. The number of hydrogen-bond acceptors (Lipinski definition) is 5. The highest BCUT2D eigenvalue weighted by atomic mass is 16.6. The number of benzene rings is 1. The Bertz CT molecular complexity index is 833. The van der Waals surface area contributed by atoms with Crippen molar-refractivity contribution in [2.75, 3.05) is 6.61 Å². The molecule has 1 aromatic carbocycles. The van der Waals surface area contributed by atoms with Crippen molar-refractivity contribution in [2.24, 2.45) is 17.3 Å². The summed E-state index contributed by atoms with van der Waals surface area (Å²) in [7, 11) is 0. The third-order valence-electron chi connectivity index (χ3n) is 8.37. The highest BCUT2D eigenvalue weighted by molar-refractivity contribution is 5.67. The van der Waals surface area contributed by atoms with E-state index in [1.807, 2.05) is 12.1 Å². The lowest BCUT2D eigenvalue weighted by Gasteiger charge is -2.54. The molecule has 1 N–H and O–H groups in total. The summed E-state index contributed by atoms with van der Waals surface area (Å²) in [6, 6.07) is 5.88. The zero-order valence-corrected chi connectivity index (χ0v) is 18.4. The van der Waals surface area contributed by atoms with Gasteiger partial charge in [0.2, 0.25) is 0 Å². The Morgan fingerprint density at radius 2 is 1.93 bits per heavy atom. The first kappa shape index (κ1) is 21.2. The molecule has 2 saturated carbocycles. The van der Waals surface area contributed by atoms with Crippen LogP contribution in [0.5, 0.6) is 5.75 Å². The van der Waals surface area contributed by atoms with E-state index in [2.05, 4.69) is 13.0 Å². The average molecular weight is 415 g/mol. The fourth-order valence-corrected chi connectivity index (χ4v) is 7.14. The lowest BCUT2D eigenvalue weighted by molar-refractivity contribution is -0.180. The minimum absolute atomic E-state index is 0.0511. The van der Waals surface area contributed by atoms with Crippen molar-refractivity contribution < 1.29 is 24.2 Å². The normalized spacial score (nSPS) is 34.4. The lowest BCUT2D eigenvalue weighted by Crippen LogP contribution is -2.53. The molecule has 0 bridgehead atoms. The van der Waals surface area contributed by atoms with E-state index in [-0.39, 0.29) is 17.4 Å². The minimum Gasteiger partial charge on any atom is -0.508 e. The van der Waals surface area contributed by atoms with Gasteiger partial charge in [-0.25, -0.2) is 0 Å².